The first-order valence-electron chi connectivity index (χ1n) is 14.1. The molecule has 2 amide bonds. The molecule has 0 radical (unpaired) electrons. The van der Waals surface area contributed by atoms with Gasteiger partial charge in [-0.2, -0.15) is 18.2 Å². The lowest BCUT2D eigenvalue weighted by atomic mass is 10.1. The lowest BCUT2D eigenvalue weighted by molar-refractivity contribution is -0.137. The normalized spacial score (nSPS) is 11.3. The Morgan fingerprint density at radius 1 is 1.09 bits per heavy atom. The average Bonchev–Trinajstić information content (AvgIpc) is 3.47. The van der Waals surface area contributed by atoms with Crippen molar-refractivity contribution < 1.29 is 37.2 Å². The zero-order chi connectivity index (χ0) is 34.3. The molecule has 0 aliphatic rings. The van der Waals surface area contributed by atoms with E-state index in [1.165, 1.54) is 31.2 Å². The first-order chi connectivity index (χ1) is 22.4. The number of aryl methyl sites for hydroxylation is 1. The summed E-state index contributed by atoms with van der Waals surface area (Å²) in [5, 5.41) is 17.2. The molecular weight excluding hydrogens is 640 g/mol. The van der Waals surface area contributed by atoms with E-state index in [0.29, 0.717) is 47.4 Å². The number of carbonyl (C=O) groups excluding carboxylic acids is 2. The van der Waals surface area contributed by atoms with E-state index in [1.54, 1.807) is 49.1 Å². The Labute approximate surface area is 269 Å². The number of methoxy groups -OCH3 is 1. The van der Waals surface area contributed by atoms with Crippen molar-refractivity contribution >= 4 is 43.4 Å². The number of anilines is 4. The number of amides is 2. The predicted octanol–water partition coefficient (Wildman–Crippen LogP) is 5.09. The zero-order valence-electron chi connectivity index (χ0n) is 25.8. The highest BCUT2D eigenvalue weighted by molar-refractivity contribution is 7.22. The predicted molar refractivity (Wildman–Crippen MR) is 169 cm³/mol. The Bertz CT molecular complexity index is 1780. The summed E-state index contributed by atoms with van der Waals surface area (Å²) >= 11 is 0. The highest BCUT2D eigenvalue weighted by Gasteiger charge is 2.36. The summed E-state index contributed by atoms with van der Waals surface area (Å²) in [5.74, 6) is -1.51. The van der Waals surface area contributed by atoms with Gasteiger partial charge in [0, 0.05) is 52.3 Å². The average molecular weight is 673 g/mol. The lowest BCUT2D eigenvalue weighted by Crippen LogP contribution is -2.24. The molecule has 0 bridgehead atoms. The number of carbonyl (C=O) groups is 2. The van der Waals surface area contributed by atoms with Gasteiger partial charge in [0.05, 0.1) is 30.3 Å². The second-order valence-corrected chi connectivity index (χ2v) is 10.9. The van der Waals surface area contributed by atoms with E-state index < -0.39 is 23.5 Å². The standard InChI is InChI=1S/C30H32F3N8O5P/c1-34-27(43)25-22(9-8-20(36-25)18-13-23(28(44)40(2)3)41(15-18)10-5-11-42)37-26-19(30(31,32)33)14-35-29(39-26)38-21-7-6-17(16-47-45)12-24(21)46-4/h6-9,12-15,42H,5,10-11,16H2,1-4H3,(H,34,43)(H2,35,37,38,39). The van der Waals surface area contributed by atoms with E-state index >= 15 is 0 Å². The van der Waals surface area contributed by atoms with E-state index in [2.05, 4.69) is 30.9 Å². The summed E-state index contributed by atoms with van der Waals surface area (Å²) < 4.78 is 60.2. The maximum absolute atomic E-state index is 14.1. The van der Waals surface area contributed by atoms with Crippen molar-refractivity contribution in [2.75, 3.05) is 45.5 Å². The second kappa shape index (κ2) is 15.0. The smallest absolute Gasteiger partial charge is 0.421 e. The molecule has 13 nitrogen and oxygen atoms in total. The topological polar surface area (TPSA) is 164 Å². The van der Waals surface area contributed by atoms with Crippen LogP contribution in [0.15, 0.2) is 48.8 Å². The minimum atomic E-state index is -4.86. The quantitative estimate of drug-likeness (QED) is 0.141. The van der Waals surface area contributed by atoms with Crippen molar-refractivity contribution in [2.24, 2.45) is 0 Å². The van der Waals surface area contributed by atoms with E-state index in [-0.39, 0.29) is 50.2 Å². The van der Waals surface area contributed by atoms with Crippen LogP contribution in [0.2, 0.25) is 0 Å². The third-order valence-electron chi connectivity index (χ3n) is 6.82. The molecule has 0 aliphatic heterocycles. The monoisotopic (exact) mass is 672 g/mol. The molecule has 0 atom stereocenters. The van der Waals surface area contributed by atoms with Crippen LogP contribution in [0.1, 0.15) is 38.5 Å². The number of aliphatic hydroxyl groups is 1. The van der Waals surface area contributed by atoms with Gasteiger partial charge in [0.25, 0.3) is 11.8 Å². The number of hydrogen-bond donors (Lipinski definition) is 4. The Balaban J connectivity index is 1.75. The molecule has 0 spiro atoms. The summed E-state index contributed by atoms with van der Waals surface area (Å²) in [5.41, 5.74) is 0.632. The second-order valence-electron chi connectivity index (χ2n) is 10.3. The Kier molecular flexibility index (Phi) is 11.1. The molecule has 47 heavy (non-hydrogen) atoms. The number of halogens is 3. The van der Waals surface area contributed by atoms with E-state index in [0.717, 1.165) is 0 Å². The third-order valence-corrected chi connectivity index (χ3v) is 7.31. The van der Waals surface area contributed by atoms with Crippen LogP contribution < -0.4 is 20.7 Å². The number of pyridine rings is 1. The van der Waals surface area contributed by atoms with E-state index in [4.69, 9.17) is 4.74 Å². The number of alkyl halides is 3. The number of nitrogens with one attached hydrogen (secondary N) is 3. The van der Waals surface area contributed by atoms with Crippen LogP contribution >= 0.6 is 8.46 Å². The summed E-state index contributed by atoms with van der Waals surface area (Å²) in [6, 6.07) is 9.35. The molecule has 17 heteroatoms. The molecule has 4 aromatic rings. The Morgan fingerprint density at radius 3 is 2.47 bits per heavy atom. The Hall–Kier alpha value is -5.08. The number of hydrogen-bond acceptors (Lipinski definition) is 10. The van der Waals surface area contributed by atoms with Crippen molar-refractivity contribution in [3.8, 4) is 17.0 Å². The summed E-state index contributed by atoms with van der Waals surface area (Å²) in [6.45, 7) is 0.248. The van der Waals surface area contributed by atoms with Gasteiger partial charge in [0.2, 0.25) is 5.95 Å². The number of rotatable bonds is 13. The minimum absolute atomic E-state index is 0.0775. The zero-order valence-corrected chi connectivity index (χ0v) is 26.7. The number of aromatic nitrogens is 4. The van der Waals surface area contributed by atoms with Crippen LogP contribution in [0.25, 0.3) is 11.3 Å². The Morgan fingerprint density at radius 2 is 1.83 bits per heavy atom. The lowest BCUT2D eigenvalue weighted by Gasteiger charge is -2.17. The fourth-order valence-electron chi connectivity index (χ4n) is 4.50. The van der Waals surface area contributed by atoms with Crippen molar-refractivity contribution in [2.45, 2.75) is 25.3 Å². The minimum Gasteiger partial charge on any atom is -0.495 e. The van der Waals surface area contributed by atoms with Crippen LogP contribution in [0.3, 0.4) is 0 Å². The van der Waals surface area contributed by atoms with E-state index in [1.807, 2.05) is 0 Å². The fourth-order valence-corrected chi connectivity index (χ4v) is 4.85. The molecule has 1 aromatic carbocycles. The van der Waals surface area contributed by atoms with Gasteiger partial charge in [-0.3, -0.25) is 14.2 Å². The van der Waals surface area contributed by atoms with Crippen molar-refractivity contribution in [1.82, 2.24) is 29.7 Å². The molecule has 248 valence electrons. The van der Waals surface area contributed by atoms with Gasteiger partial charge in [-0.1, -0.05) is 6.07 Å². The molecule has 0 saturated carbocycles. The highest BCUT2D eigenvalue weighted by atomic mass is 31.1. The maximum Gasteiger partial charge on any atom is 0.421 e. The summed E-state index contributed by atoms with van der Waals surface area (Å²) in [7, 11) is 5.86. The third kappa shape index (κ3) is 8.20. The molecule has 0 fully saturated rings. The first kappa shape index (κ1) is 34.8. The number of ether oxygens (including phenoxy) is 1. The molecule has 0 unspecified atom stereocenters. The molecule has 4 N–H and O–H groups in total. The summed E-state index contributed by atoms with van der Waals surface area (Å²) in [6.07, 6.45) is -1.97. The van der Waals surface area contributed by atoms with Gasteiger partial charge in [-0.05, 0) is 42.3 Å². The van der Waals surface area contributed by atoms with Crippen LogP contribution in [-0.2, 0) is 23.4 Å². The molecule has 4 rings (SSSR count). The van der Waals surface area contributed by atoms with Gasteiger partial charge < -0.3 is 35.3 Å². The molecule has 3 aromatic heterocycles. The van der Waals surface area contributed by atoms with Crippen LogP contribution in [0.5, 0.6) is 5.75 Å². The number of nitrogens with zero attached hydrogens (tertiary/aromatic N) is 5. The summed E-state index contributed by atoms with van der Waals surface area (Å²) in [4.78, 5) is 39.5. The van der Waals surface area contributed by atoms with Crippen LogP contribution in [0.4, 0.5) is 36.3 Å². The highest BCUT2D eigenvalue weighted by Crippen LogP contribution is 2.37. The SMILES string of the molecule is CNC(=O)c1nc(-c2cc(C(=O)N(C)C)n(CCCO)c2)ccc1Nc1nc(Nc2ccc(CP=O)cc2OC)ncc1C(F)(F)F. The number of benzene rings is 1. The van der Waals surface area contributed by atoms with Gasteiger partial charge >= 0.3 is 6.18 Å². The molecular formula is C30H32F3N8O5P. The largest absolute Gasteiger partial charge is 0.495 e. The van der Waals surface area contributed by atoms with Gasteiger partial charge in [0.1, 0.15) is 22.8 Å². The fraction of sp³-hybridized carbons (Fsp3) is 0.300. The van der Waals surface area contributed by atoms with E-state index in [9.17, 15) is 32.4 Å². The van der Waals surface area contributed by atoms with Crippen LogP contribution in [0, 0.1) is 0 Å². The molecule has 3 heterocycles. The molecule has 0 saturated heterocycles. The van der Waals surface area contributed by atoms with Gasteiger partial charge in [-0.15, -0.1) is 0 Å². The maximum atomic E-state index is 14.1. The van der Waals surface area contributed by atoms with Crippen molar-refractivity contribution in [3.05, 3.63) is 71.3 Å². The van der Waals surface area contributed by atoms with Crippen LogP contribution in [-0.4, -0.2) is 76.2 Å². The van der Waals surface area contributed by atoms with Gasteiger partial charge in [0.15, 0.2) is 14.2 Å². The first-order valence-corrected chi connectivity index (χ1v) is 15.1. The van der Waals surface area contributed by atoms with Gasteiger partial charge in [-0.25, -0.2) is 9.97 Å². The van der Waals surface area contributed by atoms with Crippen molar-refractivity contribution in [1.29, 1.82) is 0 Å². The van der Waals surface area contributed by atoms with Crippen molar-refractivity contribution in [3.63, 3.8) is 0 Å². The molecule has 0 aliphatic carbocycles. The number of aliphatic hydroxyl groups excluding tert-OH is 1.